The lowest BCUT2D eigenvalue weighted by molar-refractivity contribution is -0.120. The molecular weight excluding hydrogens is 464 g/mol. The van der Waals surface area contributed by atoms with E-state index in [0.29, 0.717) is 43.5 Å². The molecule has 4 rings (SSSR count). The summed E-state index contributed by atoms with van der Waals surface area (Å²) in [6.45, 7) is 2.77. The van der Waals surface area contributed by atoms with Gasteiger partial charge < -0.3 is 26.0 Å². The summed E-state index contributed by atoms with van der Waals surface area (Å²) in [6, 6.07) is 14.4. The van der Waals surface area contributed by atoms with E-state index in [1.807, 2.05) is 48.3 Å². The van der Waals surface area contributed by atoms with Gasteiger partial charge >= 0.3 is 0 Å². The molecule has 12 nitrogen and oxygen atoms in total. The molecular formula is C24H30N8O4. The number of nitrogen functional groups attached to an aromatic ring is 1. The monoisotopic (exact) mass is 494 g/mol. The quantitative estimate of drug-likeness (QED) is 0.220. The highest BCUT2D eigenvalue weighted by molar-refractivity contribution is 5.99. The van der Waals surface area contributed by atoms with Crippen molar-refractivity contribution < 1.29 is 19.9 Å². The summed E-state index contributed by atoms with van der Waals surface area (Å²) in [5, 5.41) is 24.5. The predicted molar refractivity (Wildman–Crippen MR) is 138 cm³/mol. The zero-order valence-electron chi connectivity index (χ0n) is 20.2. The van der Waals surface area contributed by atoms with Crippen LogP contribution in [0.5, 0.6) is 5.75 Å². The SMILES string of the molecule is COc1ccc(-c2nc(NCCNc3ccc(N(O)O)c(N)n3)ccc2N2CCN(C)CC2=O)cc1. The first-order chi connectivity index (χ1) is 17.4. The van der Waals surface area contributed by atoms with Crippen molar-refractivity contribution in [2.45, 2.75) is 0 Å². The van der Waals surface area contributed by atoms with Crippen LogP contribution in [0.4, 0.5) is 28.8 Å². The largest absolute Gasteiger partial charge is 0.497 e. The lowest BCUT2D eigenvalue weighted by Gasteiger charge is -2.33. The van der Waals surface area contributed by atoms with Gasteiger partial charge in [-0.25, -0.2) is 9.97 Å². The van der Waals surface area contributed by atoms with Crippen LogP contribution < -0.4 is 31.2 Å². The molecule has 0 spiro atoms. The van der Waals surface area contributed by atoms with Crippen molar-refractivity contribution in [3.05, 3.63) is 48.5 Å². The second kappa shape index (κ2) is 11.1. The van der Waals surface area contributed by atoms with Crippen molar-refractivity contribution in [1.29, 1.82) is 0 Å². The lowest BCUT2D eigenvalue weighted by atomic mass is 10.1. The van der Waals surface area contributed by atoms with Gasteiger partial charge in [0.2, 0.25) is 5.91 Å². The minimum atomic E-state index is -0.0703. The molecule has 190 valence electrons. The summed E-state index contributed by atoms with van der Waals surface area (Å²) < 4.78 is 5.28. The van der Waals surface area contributed by atoms with E-state index in [9.17, 15) is 4.79 Å². The fourth-order valence-electron chi connectivity index (χ4n) is 3.89. The Kier molecular flexibility index (Phi) is 7.68. The van der Waals surface area contributed by atoms with Gasteiger partial charge in [-0.3, -0.25) is 20.1 Å². The number of rotatable bonds is 9. The zero-order chi connectivity index (χ0) is 25.7. The van der Waals surface area contributed by atoms with Crippen molar-refractivity contribution in [2.24, 2.45) is 0 Å². The number of benzene rings is 1. The molecule has 1 aromatic carbocycles. The normalized spacial score (nSPS) is 14.0. The molecule has 1 aliphatic rings. The van der Waals surface area contributed by atoms with Crippen LogP contribution in [0, 0.1) is 0 Å². The second-order valence-electron chi connectivity index (χ2n) is 8.32. The molecule has 0 radical (unpaired) electrons. The number of ether oxygens (including phenoxy) is 1. The highest BCUT2D eigenvalue weighted by atomic mass is 16.8. The number of aromatic nitrogens is 2. The van der Waals surface area contributed by atoms with Crippen LogP contribution in [-0.4, -0.2) is 78.1 Å². The maximum absolute atomic E-state index is 12.8. The Morgan fingerprint density at radius 1 is 1.00 bits per heavy atom. The molecule has 0 aliphatic carbocycles. The van der Waals surface area contributed by atoms with Gasteiger partial charge in [0.15, 0.2) is 5.82 Å². The van der Waals surface area contributed by atoms with Crippen molar-refractivity contribution >= 4 is 34.7 Å². The summed E-state index contributed by atoms with van der Waals surface area (Å²) in [6.07, 6.45) is 0. The number of nitrogens with zero attached hydrogens (tertiary/aromatic N) is 5. The molecule has 36 heavy (non-hydrogen) atoms. The number of hydrogen-bond donors (Lipinski definition) is 5. The maximum atomic E-state index is 12.8. The van der Waals surface area contributed by atoms with Gasteiger partial charge in [-0.15, -0.1) is 5.23 Å². The van der Waals surface area contributed by atoms with E-state index >= 15 is 0 Å². The van der Waals surface area contributed by atoms with Crippen molar-refractivity contribution in [3.63, 3.8) is 0 Å². The topological polar surface area (TPSA) is 152 Å². The zero-order valence-corrected chi connectivity index (χ0v) is 20.2. The molecule has 1 saturated heterocycles. The van der Waals surface area contributed by atoms with E-state index in [0.717, 1.165) is 23.5 Å². The fraction of sp³-hybridized carbons (Fsp3) is 0.292. The average Bonchev–Trinajstić information content (AvgIpc) is 2.87. The Bertz CT molecular complexity index is 1210. The second-order valence-corrected chi connectivity index (χ2v) is 8.32. The Morgan fingerprint density at radius 2 is 1.67 bits per heavy atom. The number of methoxy groups -OCH3 is 1. The number of nitrogens with two attached hydrogens (primary N) is 1. The third-order valence-corrected chi connectivity index (χ3v) is 5.79. The molecule has 12 heteroatoms. The van der Waals surface area contributed by atoms with Gasteiger partial charge in [0.25, 0.3) is 0 Å². The number of nitrogens with one attached hydrogen (secondary N) is 2. The van der Waals surface area contributed by atoms with E-state index in [2.05, 4.69) is 15.6 Å². The molecule has 0 bridgehead atoms. The molecule has 1 aliphatic heterocycles. The standard InChI is InChI=1S/C24H30N8O4/c1-30-13-14-31(22(33)15-30)18-7-9-20(28-23(18)16-3-5-17(36-2)6-4-16)26-11-12-27-21-10-8-19(32(34)35)24(25)29-21/h3-10,34-35H,11-15H2,1-2H3,(H,26,28)(H3,25,27,29). The number of likely N-dealkylation sites (N-methyl/N-ethyl adjacent to an activating group) is 1. The number of piperazine rings is 1. The summed E-state index contributed by atoms with van der Waals surface area (Å²) in [5.74, 6) is 1.92. The van der Waals surface area contributed by atoms with Crippen molar-refractivity contribution in [1.82, 2.24) is 14.9 Å². The third kappa shape index (κ3) is 5.74. The van der Waals surface area contributed by atoms with Gasteiger partial charge in [0.1, 0.15) is 23.1 Å². The Labute approximate surface area is 208 Å². The van der Waals surface area contributed by atoms with E-state index in [1.54, 1.807) is 18.1 Å². The van der Waals surface area contributed by atoms with Crippen LogP contribution in [-0.2, 0) is 4.79 Å². The molecule has 0 saturated carbocycles. The van der Waals surface area contributed by atoms with E-state index in [4.69, 9.17) is 25.9 Å². The maximum Gasteiger partial charge on any atom is 0.241 e. The van der Waals surface area contributed by atoms with Crippen LogP contribution in [0.2, 0.25) is 0 Å². The summed E-state index contributed by atoms with van der Waals surface area (Å²) >= 11 is 0. The number of carbonyl (C=O) groups is 1. The number of pyridine rings is 2. The van der Waals surface area contributed by atoms with Gasteiger partial charge in [-0.1, -0.05) is 0 Å². The number of carbonyl (C=O) groups excluding carboxylic acids is 1. The highest BCUT2D eigenvalue weighted by Gasteiger charge is 2.26. The summed E-state index contributed by atoms with van der Waals surface area (Å²) in [4.78, 5) is 25.5. The summed E-state index contributed by atoms with van der Waals surface area (Å²) in [7, 11) is 3.55. The molecule has 3 aromatic rings. The van der Waals surface area contributed by atoms with Gasteiger partial charge in [-0.2, -0.15) is 0 Å². The molecule has 3 heterocycles. The fourth-order valence-corrected chi connectivity index (χ4v) is 3.89. The van der Waals surface area contributed by atoms with E-state index < -0.39 is 0 Å². The van der Waals surface area contributed by atoms with Gasteiger partial charge in [0, 0.05) is 31.7 Å². The minimum absolute atomic E-state index is 0.00661. The van der Waals surface area contributed by atoms with E-state index in [-0.39, 0.29) is 22.6 Å². The molecule has 6 N–H and O–H groups in total. The van der Waals surface area contributed by atoms with Crippen molar-refractivity contribution in [2.75, 3.05) is 73.4 Å². The Morgan fingerprint density at radius 3 is 2.28 bits per heavy atom. The van der Waals surface area contributed by atoms with Crippen LogP contribution in [0.1, 0.15) is 0 Å². The average molecular weight is 495 g/mol. The van der Waals surface area contributed by atoms with Crippen LogP contribution in [0.15, 0.2) is 48.5 Å². The van der Waals surface area contributed by atoms with Crippen LogP contribution in [0.3, 0.4) is 0 Å². The molecule has 0 atom stereocenters. The Balaban J connectivity index is 1.49. The number of hydrogen-bond acceptors (Lipinski definition) is 11. The van der Waals surface area contributed by atoms with E-state index in [1.165, 1.54) is 6.07 Å². The van der Waals surface area contributed by atoms with Crippen LogP contribution >= 0.6 is 0 Å². The number of anilines is 5. The third-order valence-electron chi connectivity index (χ3n) is 5.79. The first kappa shape index (κ1) is 25.0. The van der Waals surface area contributed by atoms with Gasteiger partial charge in [0.05, 0.1) is 25.0 Å². The highest BCUT2D eigenvalue weighted by Crippen LogP contribution is 2.32. The van der Waals surface area contributed by atoms with Crippen molar-refractivity contribution in [3.8, 4) is 17.0 Å². The van der Waals surface area contributed by atoms with Gasteiger partial charge in [-0.05, 0) is 55.6 Å². The minimum Gasteiger partial charge on any atom is -0.497 e. The molecule has 1 fully saturated rings. The first-order valence-electron chi connectivity index (χ1n) is 11.4. The smallest absolute Gasteiger partial charge is 0.241 e. The Hall–Kier alpha value is -4.13. The van der Waals surface area contributed by atoms with Crippen LogP contribution in [0.25, 0.3) is 11.3 Å². The lowest BCUT2D eigenvalue weighted by Crippen LogP contribution is -2.49. The molecule has 0 unspecified atom stereocenters. The molecule has 1 amide bonds. The summed E-state index contributed by atoms with van der Waals surface area (Å²) in [5.41, 5.74) is 8.06. The first-order valence-corrected chi connectivity index (χ1v) is 11.4. The predicted octanol–water partition coefficient (Wildman–Crippen LogP) is 2.12. The number of amides is 1. The molecule has 2 aromatic heterocycles.